The summed E-state index contributed by atoms with van der Waals surface area (Å²) in [6, 6.07) is 8.37. The molecule has 1 fully saturated rings. The van der Waals surface area contributed by atoms with Gasteiger partial charge in [-0.1, -0.05) is 0 Å². The highest BCUT2D eigenvalue weighted by molar-refractivity contribution is 7.89. The maximum Gasteiger partial charge on any atom is 0.243 e. The lowest BCUT2D eigenvalue weighted by Crippen LogP contribution is -2.47. The van der Waals surface area contributed by atoms with Crippen LogP contribution in [0.4, 0.5) is 5.69 Å². The van der Waals surface area contributed by atoms with Crippen LogP contribution in [-0.2, 0) is 14.8 Å². The Hall–Kier alpha value is -2.11. The minimum atomic E-state index is -3.52. The van der Waals surface area contributed by atoms with Crippen molar-refractivity contribution < 1.29 is 13.2 Å². The summed E-state index contributed by atoms with van der Waals surface area (Å²) in [7, 11) is -1.98. The molecular formula is C18H26N4O3S. The van der Waals surface area contributed by atoms with Gasteiger partial charge >= 0.3 is 0 Å². The van der Waals surface area contributed by atoms with E-state index in [9.17, 15) is 18.5 Å². The first kappa shape index (κ1) is 20.2. The second-order valence-electron chi connectivity index (χ2n) is 6.94. The van der Waals surface area contributed by atoms with Gasteiger partial charge in [0.05, 0.1) is 17.5 Å². The zero-order valence-electron chi connectivity index (χ0n) is 15.4. The highest BCUT2D eigenvalue weighted by Crippen LogP contribution is 2.28. The van der Waals surface area contributed by atoms with Crippen molar-refractivity contribution in [1.29, 1.82) is 5.26 Å². The van der Waals surface area contributed by atoms with Gasteiger partial charge in [0.25, 0.3) is 0 Å². The van der Waals surface area contributed by atoms with E-state index in [0.29, 0.717) is 18.5 Å². The molecule has 1 saturated carbocycles. The van der Waals surface area contributed by atoms with Gasteiger partial charge in [-0.2, -0.15) is 9.57 Å². The Morgan fingerprint density at radius 3 is 2.35 bits per heavy atom. The van der Waals surface area contributed by atoms with Crippen molar-refractivity contribution in [2.75, 3.05) is 18.9 Å². The summed E-state index contributed by atoms with van der Waals surface area (Å²) in [5, 5.41) is 15.1. The molecule has 0 radical (unpaired) electrons. The first-order valence-corrected chi connectivity index (χ1v) is 10.2. The molecule has 142 valence electrons. The van der Waals surface area contributed by atoms with Crippen LogP contribution in [-0.4, -0.2) is 43.8 Å². The summed E-state index contributed by atoms with van der Waals surface area (Å²) in [5.41, 5.74) is -0.0956. The molecule has 0 saturated heterocycles. The van der Waals surface area contributed by atoms with Gasteiger partial charge in [0.1, 0.15) is 5.54 Å². The van der Waals surface area contributed by atoms with Crippen LogP contribution in [0, 0.1) is 11.3 Å². The van der Waals surface area contributed by atoms with Crippen molar-refractivity contribution >= 4 is 21.6 Å². The van der Waals surface area contributed by atoms with E-state index in [1.165, 1.54) is 16.4 Å². The third-order valence-electron chi connectivity index (χ3n) is 4.76. The van der Waals surface area contributed by atoms with Gasteiger partial charge in [0, 0.05) is 18.8 Å². The van der Waals surface area contributed by atoms with Crippen LogP contribution in [0.5, 0.6) is 0 Å². The van der Waals surface area contributed by atoms with Gasteiger partial charge in [0.15, 0.2) is 0 Å². The van der Waals surface area contributed by atoms with Crippen LogP contribution in [0.3, 0.4) is 0 Å². The number of anilines is 1. The molecule has 0 atom stereocenters. The van der Waals surface area contributed by atoms with Gasteiger partial charge in [-0.15, -0.1) is 0 Å². The number of carbonyl (C=O) groups excluding carboxylic acids is 1. The van der Waals surface area contributed by atoms with Crippen molar-refractivity contribution in [1.82, 2.24) is 9.62 Å². The molecule has 1 aliphatic rings. The summed E-state index contributed by atoms with van der Waals surface area (Å²) in [6.07, 6.45) is 3.26. The summed E-state index contributed by atoms with van der Waals surface area (Å²) >= 11 is 0. The number of hydrogen-bond donors (Lipinski definition) is 2. The highest BCUT2D eigenvalue weighted by Gasteiger charge is 2.35. The third kappa shape index (κ3) is 4.54. The maximum atomic E-state index is 12.4. The second kappa shape index (κ2) is 8.06. The molecule has 0 heterocycles. The topological polar surface area (TPSA) is 102 Å². The normalized spacial score (nSPS) is 16.5. The molecule has 1 aromatic carbocycles. The number of carbonyl (C=O) groups is 1. The standard InChI is InChI=1S/C18H26N4O3S/c1-14(2)22(3)26(24,25)16-8-6-15(7-9-16)20-12-17(23)21-18(13-19)10-4-5-11-18/h6-9,14,20H,4-5,10-12H2,1-3H3,(H,21,23). The molecule has 0 aromatic heterocycles. The lowest BCUT2D eigenvalue weighted by Gasteiger charge is -2.22. The second-order valence-corrected chi connectivity index (χ2v) is 8.94. The average molecular weight is 378 g/mol. The number of sulfonamides is 1. The van der Waals surface area contributed by atoms with Crippen molar-refractivity contribution in [3.63, 3.8) is 0 Å². The van der Waals surface area contributed by atoms with E-state index in [4.69, 9.17) is 0 Å². The first-order valence-electron chi connectivity index (χ1n) is 8.74. The Labute approximate surface area is 155 Å². The number of benzene rings is 1. The molecular weight excluding hydrogens is 352 g/mol. The molecule has 2 N–H and O–H groups in total. The summed E-state index contributed by atoms with van der Waals surface area (Å²) in [5.74, 6) is -0.246. The average Bonchev–Trinajstić information content (AvgIpc) is 3.08. The van der Waals surface area contributed by atoms with Crippen molar-refractivity contribution in [3.8, 4) is 6.07 Å². The van der Waals surface area contributed by atoms with Gasteiger partial charge in [-0.3, -0.25) is 4.79 Å². The monoisotopic (exact) mass is 378 g/mol. The smallest absolute Gasteiger partial charge is 0.243 e. The number of rotatable bonds is 7. The molecule has 8 heteroatoms. The Balaban J connectivity index is 1.95. The van der Waals surface area contributed by atoms with Crippen LogP contribution in [0.15, 0.2) is 29.2 Å². The quantitative estimate of drug-likeness (QED) is 0.756. The fourth-order valence-electron chi connectivity index (χ4n) is 2.93. The van der Waals surface area contributed by atoms with Gasteiger partial charge in [-0.05, 0) is 63.8 Å². The van der Waals surface area contributed by atoms with Crippen LogP contribution < -0.4 is 10.6 Å². The summed E-state index contributed by atoms with van der Waals surface area (Å²) in [6.45, 7) is 3.65. The Kier molecular flexibility index (Phi) is 6.26. The minimum Gasteiger partial charge on any atom is -0.376 e. The number of nitrogens with one attached hydrogen (secondary N) is 2. The minimum absolute atomic E-state index is 0.0292. The molecule has 0 aliphatic heterocycles. The number of nitriles is 1. The number of amides is 1. The van der Waals surface area contributed by atoms with E-state index in [2.05, 4.69) is 16.7 Å². The van der Waals surface area contributed by atoms with E-state index in [1.807, 2.05) is 13.8 Å². The van der Waals surface area contributed by atoms with Gasteiger partial charge in [-0.25, -0.2) is 8.42 Å². The third-order valence-corrected chi connectivity index (χ3v) is 6.81. The van der Waals surface area contributed by atoms with Crippen molar-refractivity contribution in [2.45, 2.75) is 56.0 Å². The van der Waals surface area contributed by atoms with Gasteiger partial charge < -0.3 is 10.6 Å². The fraction of sp³-hybridized carbons (Fsp3) is 0.556. The molecule has 1 aliphatic carbocycles. The molecule has 7 nitrogen and oxygen atoms in total. The van der Waals surface area contributed by atoms with E-state index in [0.717, 1.165) is 12.8 Å². The number of nitrogens with zero attached hydrogens (tertiary/aromatic N) is 2. The van der Waals surface area contributed by atoms with E-state index in [-0.39, 0.29) is 23.4 Å². The SMILES string of the molecule is CC(C)N(C)S(=O)(=O)c1ccc(NCC(=O)NC2(C#N)CCCC2)cc1. The zero-order valence-corrected chi connectivity index (χ0v) is 16.3. The summed E-state index contributed by atoms with van der Waals surface area (Å²) < 4.78 is 26.2. The molecule has 2 rings (SSSR count). The van der Waals surface area contributed by atoms with Crippen LogP contribution >= 0.6 is 0 Å². The molecule has 0 bridgehead atoms. The fourth-order valence-corrected chi connectivity index (χ4v) is 4.29. The zero-order chi connectivity index (χ0) is 19.4. The van der Waals surface area contributed by atoms with Crippen molar-refractivity contribution in [2.24, 2.45) is 0 Å². The predicted octanol–water partition coefficient (Wildman–Crippen LogP) is 2.08. The Bertz CT molecular complexity index is 776. The predicted molar refractivity (Wildman–Crippen MR) is 100.0 cm³/mol. The van der Waals surface area contributed by atoms with Crippen molar-refractivity contribution in [3.05, 3.63) is 24.3 Å². The Morgan fingerprint density at radius 1 is 1.27 bits per heavy atom. The molecule has 0 spiro atoms. The van der Waals surface area contributed by atoms with E-state index >= 15 is 0 Å². The number of hydrogen-bond acceptors (Lipinski definition) is 5. The largest absolute Gasteiger partial charge is 0.376 e. The van der Waals surface area contributed by atoms with Crippen LogP contribution in [0.1, 0.15) is 39.5 Å². The lowest BCUT2D eigenvalue weighted by atomic mass is 10.00. The highest BCUT2D eigenvalue weighted by atomic mass is 32.2. The van der Waals surface area contributed by atoms with Crippen LogP contribution in [0.25, 0.3) is 0 Å². The molecule has 1 aromatic rings. The van der Waals surface area contributed by atoms with Crippen LogP contribution in [0.2, 0.25) is 0 Å². The molecule has 1 amide bonds. The van der Waals surface area contributed by atoms with Gasteiger partial charge in [0.2, 0.25) is 15.9 Å². The molecule has 26 heavy (non-hydrogen) atoms. The summed E-state index contributed by atoms with van der Waals surface area (Å²) in [4.78, 5) is 12.3. The maximum absolute atomic E-state index is 12.4. The Morgan fingerprint density at radius 2 is 1.85 bits per heavy atom. The van der Waals surface area contributed by atoms with E-state index in [1.54, 1.807) is 19.2 Å². The van der Waals surface area contributed by atoms with E-state index < -0.39 is 15.6 Å². The molecule has 0 unspecified atom stereocenters. The lowest BCUT2D eigenvalue weighted by molar-refractivity contribution is -0.120. The first-order chi connectivity index (χ1) is 12.2.